The van der Waals surface area contributed by atoms with Gasteiger partial charge in [-0.25, -0.2) is 4.98 Å². The van der Waals surface area contributed by atoms with Crippen LogP contribution in [0.25, 0.3) is 0 Å². The van der Waals surface area contributed by atoms with E-state index in [1.165, 1.54) is 11.3 Å². The van der Waals surface area contributed by atoms with Gasteiger partial charge in [-0.15, -0.1) is 0 Å². The molecule has 2 aromatic heterocycles. The predicted octanol–water partition coefficient (Wildman–Crippen LogP) is 1.83. The Labute approximate surface area is 121 Å². The van der Waals surface area contributed by atoms with E-state index in [1.54, 1.807) is 6.20 Å². The van der Waals surface area contributed by atoms with Crippen molar-refractivity contribution in [3.63, 3.8) is 0 Å². The largest absolute Gasteiger partial charge is 0.375 e. The molecule has 0 bridgehead atoms. The normalized spacial score (nSPS) is 18.4. The van der Waals surface area contributed by atoms with Crippen molar-refractivity contribution in [3.05, 3.63) is 41.2 Å². The lowest BCUT2D eigenvalue weighted by Gasteiger charge is -2.15. The van der Waals surface area contributed by atoms with Crippen molar-refractivity contribution in [2.75, 3.05) is 18.8 Å². The maximum absolute atomic E-state index is 12.3. The first kappa shape index (κ1) is 13.1. The number of hydrogen-bond acceptors (Lipinski definition) is 5. The monoisotopic (exact) mass is 288 g/mol. The molecule has 6 heteroatoms. The van der Waals surface area contributed by atoms with E-state index >= 15 is 0 Å². The fourth-order valence-electron chi connectivity index (χ4n) is 2.54. The summed E-state index contributed by atoms with van der Waals surface area (Å²) < 4.78 is 0. The number of amides is 1. The Morgan fingerprint density at radius 1 is 1.45 bits per heavy atom. The third-order valence-electron chi connectivity index (χ3n) is 3.53. The van der Waals surface area contributed by atoms with Crippen molar-refractivity contribution in [1.82, 2.24) is 14.9 Å². The highest BCUT2D eigenvalue weighted by Gasteiger charge is 2.28. The van der Waals surface area contributed by atoms with E-state index in [-0.39, 0.29) is 5.91 Å². The van der Waals surface area contributed by atoms with E-state index in [0.29, 0.717) is 15.9 Å². The van der Waals surface area contributed by atoms with Crippen LogP contribution in [-0.4, -0.2) is 33.9 Å². The van der Waals surface area contributed by atoms with Crippen LogP contribution in [0.15, 0.2) is 30.6 Å². The molecule has 0 radical (unpaired) electrons. The number of carbonyl (C=O) groups is 1. The Hall–Kier alpha value is -1.95. The minimum atomic E-state index is 0.0442. The van der Waals surface area contributed by atoms with Gasteiger partial charge in [0.25, 0.3) is 5.91 Å². The van der Waals surface area contributed by atoms with Gasteiger partial charge in [0.1, 0.15) is 4.88 Å². The second-order valence-corrected chi connectivity index (χ2v) is 6.06. The Morgan fingerprint density at radius 2 is 2.35 bits per heavy atom. The zero-order valence-electron chi connectivity index (χ0n) is 11.0. The van der Waals surface area contributed by atoms with Gasteiger partial charge in [0.05, 0.1) is 6.20 Å². The van der Waals surface area contributed by atoms with E-state index in [2.05, 4.69) is 9.97 Å². The van der Waals surface area contributed by atoms with Crippen LogP contribution in [-0.2, 0) is 6.42 Å². The van der Waals surface area contributed by atoms with Crippen molar-refractivity contribution in [2.45, 2.75) is 12.8 Å². The summed E-state index contributed by atoms with van der Waals surface area (Å²) in [5, 5.41) is 0.442. The molecule has 1 amide bonds. The number of nitrogens with two attached hydrogens (primary N) is 1. The van der Waals surface area contributed by atoms with Crippen LogP contribution >= 0.6 is 11.3 Å². The molecule has 0 saturated carbocycles. The molecule has 104 valence electrons. The van der Waals surface area contributed by atoms with E-state index < -0.39 is 0 Å². The zero-order valence-corrected chi connectivity index (χ0v) is 11.8. The summed E-state index contributed by atoms with van der Waals surface area (Å²) in [6.07, 6.45) is 5.33. The number of rotatable bonds is 3. The molecule has 1 aliphatic heterocycles. The molecular formula is C14H16N4OS. The molecule has 2 N–H and O–H groups in total. The lowest BCUT2D eigenvalue weighted by molar-refractivity contribution is 0.0791. The van der Waals surface area contributed by atoms with Gasteiger partial charge in [0, 0.05) is 25.0 Å². The van der Waals surface area contributed by atoms with Crippen LogP contribution in [0.2, 0.25) is 0 Å². The fraction of sp³-hybridized carbons (Fsp3) is 0.357. The molecule has 1 atom stereocenters. The van der Waals surface area contributed by atoms with Crippen LogP contribution in [0.1, 0.15) is 21.8 Å². The van der Waals surface area contributed by atoms with Gasteiger partial charge in [0.2, 0.25) is 0 Å². The van der Waals surface area contributed by atoms with Gasteiger partial charge in [-0.3, -0.25) is 9.78 Å². The molecule has 0 aromatic carbocycles. The molecule has 0 spiro atoms. The molecule has 20 heavy (non-hydrogen) atoms. The standard InChI is InChI=1S/C14H16N4OS/c15-14-17-8-12(20-14)13(19)18-6-4-10(9-18)7-11-3-1-2-5-16-11/h1-3,5,8,10H,4,6-7,9H2,(H2,15,17). The molecule has 2 aromatic rings. The summed E-state index contributed by atoms with van der Waals surface area (Å²) in [5.41, 5.74) is 6.66. The number of likely N-dealkylation sites (tertiary alicyclic amines) is 1. The number of anilines is 1. The first-order chi connectivity index (χ1) is 9.72. The number of thiazole rings is 1. The van der Waals surface area contributed by atoms with Crippen LogP contribution in [0.3, 0.4) is 0 Å². The molecule has 3 rings (SSSR count). The molecule has 1 saturated heterocycles. The highest BCUT2D eigenvalue weighted by atomic mass is 32.1. The Balaban J connectivity index is 1.61. The number of hydrogen-bond donors (Lipinski definition) is 1. The van der Waals surface area contributed by atoms with Crippen LogP contribution in [0.4, 0.5) is 5.13 Å². The van der Waals surface area contributed by atoms with Gasteiger partial charge < -0.3 is 10.6 Å². The van der Waals surface area contributed by atoms with Crippen molar-refractivity contribution in [2.24, 2.45) is 5.92 Å². The number of aromatic nitrogens is 2. The third kappa shape index (κ3) is 2.80. The average molecular weight is 288 g/mol. The van der Waals surface area contributed by atoms with E-state index in [0.717, 1.165) is 31.6 Å². The summed E-state index contributed by atoms with van der Waals surface area (Å²) in [5.74, 6) is 0.529. The van der Waals surface area contributed by atoms with Gasteiger partial charge in [0.15, 0.2) is 5.13 Å². The van der Waals surface area contributed by atoms with Crippen molar-refractivity contribution in [1.29, 1.82) is 0 Å². The Kier molecular flexibility index (Phi) is 3.64. The molecule has 1 unspecified atom stereocenters. The van der Waals surface area contributed by atoms with Crippen LogP contribution in [0, 0.1) is 5.92 Å². The second kappa shape index (κ2) is 5.58. The topological polar surface area (TPSA) is 72.1 Å². The van der Waals surface area contributed by atoms with Crippen molar-refractivity contribution < 1.29 is 4.79 Å². The molecule has 0 aliphatic carbocycles. The molecule has 5 nitrogen and oxygen atoms in total. The summed E-state index contributed by atoms with van der Waals surface area (Å²) in [7, 11) is 0. The lowest BCUT2D eigenvalue weighted by Crippen LogP contribution is -2.28. The minimum Gasteiger partial charge on any atom is -0.375 e. The minimum absolute atomic E-state index is 0.0442. The number of pyridine rings is 1. The first-order valence-electron chi connectivity index (χ1n) is 6.63. The summed E-state index contributed by atoms with van der Waals surface area (Å²) in [6.45, 7) is 1.58. The van der Waals surface area contributed by atoms with E-state index in [1.807, 2.05) is 29.3 Å². The van der Waals surface area contributed by atoms with Gasteiger partial charge in [-0.2, -0.15) is 0 Å². The summed E-state index contributed by atoms with van der Waals surface area (Å²) in [4.78, 5) is 23.1. The average Bonchev–Trinajstić information content (AvgIpc) is 3.08. The van der Waals surface area contributed by atoms with E-state index in [4.69, 9.17) is 5.73 Å². The number of nitrogens with zero attached hydrogens (tertiary/aromatic N) is 3. The highest BCUT2D eigenvalue weighted by Crippen LogP contribution is 2.24. The second-order valence-electron chi connectivity index (χ2n) is 4.99. The maximum Gasteiger partial charge on any atom is 0.265 e. The summed E-state index contributed by atoms with van der Waals surface area (Å²) in [6, 6.07) is 5.96. The molecular weight excluding hydrogens is 272 g/mol. The Morgan fingerprint density at radius 3 is 3.05 bits per heavy atom. The molecule has 1 fully saturated rings. The Bertz CT molecular complexity index is 598. The smallest absolute Gasteiger partial charge is 0.265 e. The third-order valence-corrected chi connectivity index (χ3v) is 4.35. The maximum atomic E-state index is 12.3. The van der Waals surface area contributed by atoms with Crippen molar-refractivity contribution >= 4 is 22.4 Å². The number of carbonyl (C=O) groups excluding carboxylic acids is 1. The van der Waals surface area contributed by atoms with Crippen LogP contribution < -0.4 is 5.73 Å². The molecule has 1 aliphatic rings. The van der Waals surface area contributed by atoms with Crippen LogP contribution in [0.5, 0.6) is 0 Å². The van der Waals surface area contributed by atoms with Gasteiger partial charge in [-0.05, 0) is 30.9 Å². The number of nitrogen functional groups attached to an aromatic ring is 1. The lowest BCUT2D eigenvalue weighted by atomic mass is 10.0. The van der Waals surface area contributed by atoms with Gasteiger partial charge in [-0.1, -0.05) is 17.4 Å². The fourth-order valence-corrected chi connectivity index (χ4v) is 3.19. The summed E-state index contributed by atoms with van der Waals surface area (Å²) >= 11 is 1.25. The van der Waals surface area contributed by atoms with Crippen molar-refractivity contribution in [3.8, 4) is 0 Å². The zero-order chi connectivity index (χ0) is 13.9. The molecule has 3 heterocycles. The predicted molar refractivity (Wildman–Crippen MR) is 78.5 cm³/mol. The quantitative estimate of drug-likeness (QED) is 0.935. The van der Waals surface area contributed by atoms with E-state index in [9.17, 15) is 4.79 Å². The first-order valence-corrected chi connectivity index (χ1v) is 7.44. The SMILES string of the molecule is Nc1ncc(C(=O)N2CCC(Cc3ccccn3)C2)s1. The highest BCUT2D eigenvalue weighted by molar-refractivity contribution is 7.17. The van der Waals surface area contributed by atoms with Gasteiger partial charge >= 0.3 is 0 Å².